The van der Waals surface area contributed by atoms with E-state index in [1.807, 2.05) is 13.8 Å². The van der Waals surface area contributed by atoms with Crippen LogP contribution in [0.4, 0.5) is 22.0 Å². The second-order valence-corrected chi connectivity index (χ2v) is 7.37. The Hall–Kier alpha value is -3.00. The fourth-order valence-electron chi connectivity index (χ4n) is 3.04. The van der Waals surface area contributed by atoms with Gasteiger partial charge in [-0.2, -0.15) is 13.2 Å². The molecule has 4 rings (SSSR count). The Labute approximate surface area is 200 Å². The van der Waals surface area contributed by atoms with E-state index >= 15 is 0 Å². The van der Waals surface area contributed by atoms with Gasteiger partial charge in [-0.1, -0.05) is 42.1 Å². The van der Waals surface area contributed by atoms with Crippen LogP contribution in [0.15, 0.2) is 48.5 Å². The van der Waals surface area contributed by atoms with Crippen LogP contribution >= 0.6 is 0 Å². The Bertz CT molecular complexity index is 1290. The Balaban J connectivity index is 0.00000306. The van der Waals surface area contributed by atoms with Gasteiger partial charge < -0.3 is 9.67 Å². The molecule has 172 valence electrons. The van der Waals surface area contributed by atoms with E-state index in [0.717, 1.165) is 16.8 Å². The molecule has 0 bridgehead atoms. The molecule has 0 unspecified atom stereocenters. The van der Waals surface area contributed by atoms with Crippen molar-refractivity contribution in [3.8, 4) is 17.1 Å². The molecule has 4 heterocycles. The SMILES string of the molecule is CC(C)(c1cccc(-c2[c-]cc(F)nc2F)n1)c1cccc(-n2[c-]cc(C(F)(F)F)n2)n1.[Pt+2]. The van der Waals surface area contributed by atoms with E-state index in [4.69, 9.17) is 0 Å². The molecule has 0 saturated carbocycles. The van der Waals surface area contributed by atoms with Crippen molar-refractivity contribution < 1.29 is 43.0 Å². The first kappa shape index (κ1) is 24.6. The molecule has 0 aliphatic heterocycles. The first-order valence-corrected chi connectivity index (χ1v) is 9.30. The van der Waals surface area contributed by atoms with Gasteiger partial charge in [0.2, 0.25) is 0 Å². The molecule has 4 aromatic heterocycles. The zero-order valence-corrected chi connectivity index (χ0v) is 19.3. The summed E-state index contributed by atoms with van der Waals surface area (Å²) in [5.41, 5.74) is -0.806. The van der Waals surface area contributed by atoms with E-state index in [0.29, 0.717) is 11.4 Å². The van der Waals surface area contributed by atoms with Crippen LogP contribution < -0.4 is 0 Å². The van der Waals surface area contributed by atoms with E-state index in [1.54, 1.807) is 24.3 Å². The van der Waals surface area contributed by atoms with E-state index in [9.17, 15) is 22.0 Å². The average molecular weight is 638 g/mol. The summed E-state index contributed by atoms with van der Waals surface area (Å²) in [5, 5.41) is 3.49. The number of pyridine rings is 3. The Morgan fingerprint density at radius 3 is 2.15 bits per heavy atom. The maximum absolute atomic E-state index is 14.1. The second-order valence-electron chi connectivity index (χ2n) is 7.37. The third-order valence-electron chi connectivity index (χ3n) is 4.81. The first-order valence-electron chi connectivity index (χ1n) is 9.30. The molecule has 0 spiro atoms. The number of halogens is 5. The molecule has 0 atom stereocenters. The van der Waals surface area contributed by atoms with Gasteiger partial charge in [0.15, 0.2) is 0 Å². The summed E-state index contributed by atoms with van der Waals surface area (Å²) in [6.07, 6.45) is -2.18. The standard InChI is InChI=1S/C22H14F5N5.Pt/c1-21(2,15-6-3-5-14(28-15)13-9-10-18(23)30-20(13)24)16-7-4-8-19(29-16)32-12-11-17(31-32)22(25,26)27;/h3-8,10-11H,1-2H3;/q-2;+2. The topological polar surface area (TPSA) is 56.5 Å². The Morgan fingerprint density at radius 2 is 1.52 bits per heavy atom. The van der Waals surface area contributed by atoms with Crippen molar-refractivity contribution in [2.24, 2.45) is 0 Å². The summed E-state index contributed by atoms with van der Waals surface area (Å²) >= 11 is 0. The summed E-state index contributed by atoms with van der Waals surface area (Å²) in [6.45, 7) is 3.62. The van der Waals surface area contributed by atoms with E-state index < -0.39 is 29.2 Å². The number of hydrogen-bond acceptors (Lipinski definition) is 4. The largest absolute Gasteiger partial charge is 2.00 e. The van der Waals surface area contributed by atoms with Gasteiger partial charge in [0.1, 0.15) is 11.9 Å². The minimum atomic E-state index is -4.59. The number of rotatable bonds is 4. The summed E-state index contributed by atoms with van der Waals surface area (Å²) in [6, 6.07) is 13.9. The van der Waals surface area contributed by atoms with E-state index in [1.165, 1.54) is 12.1 Å². The van der Waals surface area contributed by atoms with Gasteiger partial charge in [0.25, 0.3) is 0 Å². The van der Waals surface area contributed by atoms with Gasteiger partial charge in [-0.15, -0.1) is 12.1 Å². The first-order chi connectivity index (χ1) is 15.1. The molecule has 0 aliphatic carbocycles. The number of nitrogens with zero attached hydrogens (tertiary/aromatic N) is 5. The fraction of sp³-hybridized carbons (Fsp3) is 0.182. The molecular weight excluding hydrogens is 624 g/mol. The van der Waals surface area contributed by atoms with Crippen molar-refractivity contribution >= 4 is 0 Å². The normalized spacial score (nSPS) is 11.8. The molecule has 0 N–H and O–H groups in total. The van der Waals surface area contributed by atoms with Crippen LogP contribution in [0.1, 0.15) is 30.9 Å². The molecule has 0 saturated heterocycles. The monoisotopic (exact) mass is 638 g/mol. The number of alkyl halides is 3. The van der Waals surface area contributed by atoms with Gasteiger partial charge in [0.05, 0.1) is 11.5 Å². The average Bonchev–Trinajstić information content (AvgIpc) is 3.25. The van der Waals surface area contributed by atoms with Gasteiger partial charge in [0, 0.05) is 16.8 Å². The smallest absolute Gasteiger partial charge is 0.343 e. The summed E-state index contributed by atoms with van der Waals surface area (Å²) in [5.74, 6) is -1.89. The third kappa shape index (κ3) is 5.00. The summed E-state index contributed by atoms with van der Waals surface area (Å²) in [4.78, 5) is 12.1. The summed E-state index contributed by atoms with van der Waals surface area (Å²) in [7, 11) is 0. The fourth-order valence-corrected chi connectivity index (χ4v) is 3.04. The zero-order chi connectivity index (χ0) is 23.1. The van der Waals surface area contributed by atoms with Crippen LogP contribution in [-0.2, 0) is 32.7 Å². The minimum absolute atomic E-state index is 0. The molecule has 4 aromatic rings. The minimum Gasteiger partial charge on any atom is -0.343 e. The maximum Gasteiger partial charge on any atom is 2.00 e. The van der Waals surface area contributed by atoms with Crippen LogP contribution in [0.3, 0.4) is 0 Å². The summed E-state index contributed by atoms with van der Waals surface area (Å²) < 4.78 is 66.7. The predicted molar refractivity (Wildman–Crippen MR) is 104 cm³/mol. The van der Waals surface area contributed by atoms with Gasteiger partial charge >= 0.3 is 27.2 Å². The molecular formula is C22H14F5N5Pt. The quantitative estimate of drug-likeness (QED) is 0.181. The Morgan fingerprint density at radius 1 is 0.848 bits per heavy atom. The molecule has 33 heavy (non-hydrogen) atoms. The number of aromatic nitrogens is 5. The van der Waals surface area contributed by atoms with Crippen LogP contribution in [-0.4, -0.2) is 24.7 Å². The van der Waals surface area contributed by atoms with Gasteiger partial charge in [-0.25, -0.2) is 8.78 Å². The molecule has 0 aromatic carbocycles. The van der Waals surface area contributed by atoms with Crippen LogP contribution in [0.5, 0.6) is 0 Å². The molecule has 5 nitrogen and oxygen atoms in total. The van der Waals surface area contributed by atoms with Crippen molar-refractivity contribution in [2.45, 2.75) is 25.4 Å². The van der Waals surface area contributed by atoms with Crippen molar-refractivity contribution in [1.82, 2.24) is 24.7 Å². The molecule has 0 aliphatic rings. The van der Waals surface area contributed by atoms with Crippen molar-refractivity contribution in [2.75, 3.05) is 0 Å². The van der Waals surface area contributed by atoms with E-state index in [-0.39, 0.29) is 38.1 Å². The van der Waals surface area contributed by atoms with Crippen LogP contribution in [0, 0.1) is 24.2 Å². The zero-order valence-electron chi connectivity index (χ0n) is 17.1. The van der Waals surface area contributed by atoms with Crippen molar-refractivity contribution in [1.29, 1.82) is 0 Å². The second kappa shape index (κ2) is 9.09. The van der Waals surface area contributed by atoms with Gasteiger partial charge in [-0.05, 0) is 31.7 Å². The third-order valence-corrected chi connectivity index (χ3v) is 4.81. The predicted octanol–water partition coefficient (Wildman–Crippen LogP) is 4.95. The molecule has 0 amide bonds. The van der Waals surface area contributed by atoms with Gasteiger partial charge in [-0.3, -0.25) is 15.1 Å². The molecule has 0 radical (unpaired) electrons. The maximum atomic E-state index is 14.1. The number of hydrogen-bond donors (Lipinski definition) is 0. The Kier molecular flexibility index (Phi) is 6.79. The van der Waals surface area contributed by atoms with E-state index in [2.05, 4.69) is 32.3 Å². The molecule has 11 heteroatoms. The van der Waals surface area contributed by atoms with Crippen molar-refractivity contribution in [3.63, 3.8) is 0 Å². The van der Waals surface area contributed by atoms with Crippen molar-refractivity contribution in [3.05, 3.63) is 89.8 Å². The van der Waals surface area contributed by atoms with Crippen LogP contribution in [0.2, 0.25) is 0 Å². The molecule has 0 fully saturated rings. The van der Waals surface area contributed by atoms with Crippen LogP contribution in [0.25, 0.3) is 17.1 Å².